The van der Waals surface area contributed by atoms with E-state index in [2.05, 4.69) is 12.2 Å². The largest absolute Gasteiger partial charge is 0.491 e. The van der Waals surface area contributed by atoms with Crippen LogP contribution in [0.2, 0.25) is 0 Å². The smallest absolute Gasteiger partial charge is 0.308 e. The fourth-order valence-corrected chi connectivity index (χ4v) is 2.64. The van der Waals surface area contributed by atoms with Crippen LogP contribution >= 0.6 is 0 Å². The van der Waals surface area contributed by atoms with Crippen molar-refractivity contribution in [3.63, 3.8) is 0 Å². The van der Waals surface area contributed by atoms with Crippen LogP contribution in [0.15, 0.2) is 24.3 Å². The Labute approximate surface area is 174 Å². The molecule has 0 aliphatic rings. The van der Waals surface area contributed by atoms with Crippen molar-refractivity contribution in [3.05, 3.63) is 24.3 Å². The zero-order valence-electron chi connectivity index (χ0n) is 17.9. The molecule has 1 atom stereocenters. The van der Waals surface area contributed by atoms with Gasteiger partial charge in [-0.15, -0.1) is 0 Å². The molecule has 1 N–H and O–H groups in total. The number of hydrogen-bond acceptors (Lipinski definition) is 6. The number of rotatable bonds is 16. The van der Waals surface area contributed by atoms with Gasteiger partial charge in [-0.2, -0.15) is 0 Å². The Morgan fingerprint density at radius 2 is 1.55 bits per heavy atom. The third kappa shape index (κ3) is 12.1. The molecule has 0 aliphatic heterocycles. The highest BCUT2D eigenvalue weighted by atomic mass is 16.6. The second kappa shape index (κ2) is 15.8. The zero-order valence-corrected chi connectivity index (χ0v) is 17.9. The Bertz CT molecular complexity index is 575. The van der Waals surface area contributed by atoms with E-state index in [4.69, 9.17) is 18.9 Å². The lowest BCUT2D eigenvalue weighted by Crippen LogP contribution is -2.20. The third-order valence-electron chi connectivity index (χ3n) is 4.25. The van der Waals surface area contributed by atoms with Gasteiger partial charge in [0.2, 0.25) is 5.91 Å². The summed E-state index contributed by atoms with van der Waals surface area (Å²) in [5.41, 5.74) is 0.732. The van der Waals surface area contributed by atoms with Crippen LogP contribution < -0.4 is 10.1 Å². The second-order valence-corrected chi connectivity index (χ2v) is 6.69. The van der Waals surface area contributed by atoms with Gasteiger partial charge in [0.15, 0.2) is 0 Å². The van der Waals surface area contributed by atoms with Crippen molar-refractivity contribution in [1.29, 1.82) is 0 Å². The molecule has 7 heteroatoms. The van der Waals surface area contributed by atoms with Gasteiger partial charge in [-0.1, -0.05) is 26.7 Å². The summed E-state index contributed by atoms with van der Waals surface area (Å²) in [6, 6.07) is 7.15. The molecule has 29 heavy (non-hydrogen) atoms. The Morgan fingerprint density at radius 3 is 2.14 bits per heavy atom. The number of nitrogens with one attached hydrogen (secondary N) is 1. The van der Waals surface area contributed by atoms with E-state index in [1.54, 1.807) is 24.3 Å². The van der Waals surface area contributed by atoms with Crippen LogP contribution in [0.5, 0.6) is 5.75 Å². The summed E-state index contributed by atoms with van der Waals surface area (Å²) in [5, 5.41) is 2.70. The summed E-state index contributed by atoms with van der Waals surface area (Å²) in [7, 11) is 0. The lowest BCUT2D eigenvalue weighted by molar-refractivity contribution is -0.150. The van der Waals surface area contributed by atoms with Crippen LogP contribution in [0.4, 0.5) is 5.69 Å². The van der Waals surface area contributed by atoms with Crippen molar-refractivity contribution >= 4 is 17.6 Å². The summed E-state index contributed by atoms with van der Waals surface area (Å²) >= 11 is 0. The summed E-state index contributed by atoms with van der Waals surface area (Å²) in [4.78, 5) is 22.9. The monoisotopic (exact) mass is 409 g/mol. The molecule has 0 aliphatic carbocycles. The lowest BCUT2D eigenvalue weighted by atomic mass is 10.00. The number of carbonyl (C=O) groups excluding carboxylic acids is 2. The van der Waals surface area contributed by atoms with Crippen molar-refractivity contribution in [2.75, 3.05) is 45.0 Å². The molecule has 0 radical (unpaired) electrons. The molecule has 0 saturated heterocycles. The van der Waals surface area contributed by atoms with E-state index in [9.17, 15) is 9.59 Å². The lowest BCUT2D eigenvalue weighted by Gasteiger charge is -2.13. The molecule has 7 nitrogen and oxygen atoms in total. The molecular weight excluding hydrogens is 374 g/mol. The summed E-state index contributed by atoms with van der Waals surface area (Å²) < 4.78 is 21.7. The minimum absolute atomic E-state index is 0.000106. The molecular formula is C22H35NO6. The Balaban J connectivity index is 1.98. The fraction of sp³-hybridized carbons (Fsp3) is 0.636. The third-order valence-corrected chi connectivity index (χ3v) is 4.25. The van der Waals surface area contributed by atoms with E-state index in [-0.39, 0.29) is 24.4 Å². The topological polar surface area (TPSA) is 83.1 Å². The van der Waals surface area contributed by atoms with Crippen molar-refractivity contribution in [2.45, 2.75) is 46.5 Å². The molecule has 164 valence electrons. The molecule has 1 aromatic rings. The van der Waals surface area contributed by atoms with Crippen LogP contribution in [-0.4, -0.2) is 51.5 Å². The number of ether oxygens (including phenoxy) is 4. The molecule has 0 aromatic heterocycles. The summed E-state index contributed by atoms with van der Waals surface area (Å²) in [5.74, 6) is 0.484. The first-order valence-corrected chi connectivity index (χ1v) is 10.4. The number of carbonyl (C=O) groups is 2. The van der Waals surface area contributed by atoms with Gasteiger partial charge in [-0.25, -0.2) is 0 Å². The zero-order chi connectivity index (χ0) is 21.3. The number of amides is 1. The average molecular weight is 410 g/mol. The van der Waals surface area contributed by atoms with Crippen LogP contribution in [0.1, 0.15) is 46.5 Å². The van der Waals surface area contributed by atoms with Crippen molar-refractivity contribution in [1.82, 2.24) is 0 Å². The Morgan fingerprint density at radius 1 is 0.931 bits per heavy atom. The summed E-state index contributed by atoms with van der Waals surface area (Å²) in [6.07, 6.45) is 3.84. The van der Waals surface area contributed by atoms with E-state index >= 15 is 0 Å². The fourth-order valence-electron chi connectivity index (χ4n) is 2.64. The van der Waals surface area contributed by atoms with Gasteiger partial charge in [-0.05, 0) is 37.1 Å². The molecule has 1 rings (SSSR count). The Kier molecular flexibility index (Phi) is 13.5. The molecule has 1 unspecified atom stereocenters. The molecule has 0 heterocycles. The highest BCUT2D eigenvalue weighted by Crippen LogP contribution is 2.15. The highest BCUT2D eigenvalue weighted by Gasteiger charge is 2.16. The number of anilines is 1. The maximum atomic E-state index is 11.9. The van der Waals surface area contributed by atoms with Crippen LogP contribution in [0.25, 0.3) is 0 Å². The minimum Gasteiger partial charge on any atom is -0.491 e. The second-order valence-electron chi connectivity index (χ2n) is 6.69. The van der Waals surface area contributed by atoms with E-state index in [0.29, 0.717) is 38.8 Å². The first-order valence-electron chi connectivity index (χ1n) is 10.4. The number of benzene rings is 1. The Hall–Kier alpha value is -2.12. The van der Waals surface area contributed by atoms with Crippen LogP contribution in [-0.2, 0) is 23.8 Å². The van der Waals surface area contributed by atoms with Crippen molar-refractivity contribution in [2.24, 2.45) is 5.92 Å². The van der Waals surface area contributed by atoms with Crippen LogP contribution in [0.3, 0.4) is 0 Å². The SMILES string of the molecule is CCCCC(CC)C(=O)OCCOCCOCCOc1ccc(NC(C)=O)cc1. The molecule has 0 spiro atoms. The predicted octanol–water partition coefficient (Wildman–Crippen LogP) is 3.82. The maximum absolute atomic E-state index is 11.9. The number of hydrogen-bond donors (Lipinski definition) is 1. The molecule has 0 fully saturated rings. The van der Waals surface area contributed by atoms with Gasteiger partial charge >= 0.3 is 5.97 Å². The van der Waals surface area contributed by atoms with Gasteiger partial charge in [0, 0.05) is 12.6 Å². The van der Waals surface area contributed by atoms with Gasteiger partial charge in [-0.3, -0.25) is 9.59 Å². The number of esters is 1. The molecule has 0 bridgehead atoms. The summed E-state index contributed by atoms with van der Waals surface area (Å²) in [6.45, 7) is 8.01. The molecule has 0 saturated carbocycles. The van der Waals surface area contributed by atoms with Crippen molar-refractivity contribution < 1.29 is 28.5 Å². The maximum Gasteiger partial charge on any atom is 0.308 e. The first kappa shape index (κ1) is 24.9. The minimum atomic E-state index is -0.122. The van der Waals surface area contributed by atoms with E-state index in [1.807, 2.05) is 6.92 Å². The molecule has 1 aromatic carbocycles. The van der Waals surface area contributed by atoms with Gasteiger partial charge in [0.05, 0.1) is 32.3 Å². The molecule has 1 amide bonds. The van der Waals surface area contributed by atoms with Gasteiger partial charge in [0.1, 0.15) is 19.0 Å². The van der Waals surface area contributed by atoms with Gasteiger partial charge < -0.3 is 24.3 Å². The predicted molar refractivity (Wildman–Crippen MR) is 112 cm³/mol. The highest BCUT2D eigenvalue weighted by molar-refractivity contribution is 5.88. The quantitative estimate of drug-likeness (QED) is 0.330. The van der Waals surface area contributed by atoms with E-state index in [0.717, 1.165) is 31.4 Å². The normalized spacial score (nSPS) is 11.7. The van der Waals surface area contributed by atoms with Gasteiger partial charge in [0.25, 0.3) is 0 Å². The van der Waals surface area contributed by atoms with E-state index < -0.39 is 0 Å². The van der Waals surface area contributed by atoms with Crippen molar-refractivity contribution in [3.8, 4) is 5.75 Å². The first-order chi connectivity index (χ1) is 14.1. The number of unbranched alkanes of at least 4 members (excludes halogenated alkanes) is 1. The standard InChI is InChI=1S/C22H35NO6/c1-4-6-7-19(5-2)22(25)29-17-15-27-13-12-26-14-16-28-21-10-8-20(9-11-21)23-18(3)24/h8-11,19H,4-7,12-17H2,1-3H3,(H,23,24). The average Bonchev–Trinajstić information content (AvgIpc) is 2.70. The van der Waals surface area contributed by atoms with E-state index in [1.165, 1.54) is 6.92 Å². The van der Waals surface area contributed by atoms with Crippen LogP contribution in [0, 0.1) is 5.92 Å².